The number of hydrogen-bond acceptors (Lipinski definition) is 4. The minimum absolute atomic E-state index is 0.202. The minimum Gasteiger partial charge on any atom is -0.373 e. The van der Waals surface area contributed by atoms with E-state index < -0.39 is 0 Å². The van der Waals surface area contributed by atoms with Crippen LogP contribution in [-0.2, 0) is 6.54 Å². The van der Waals surface area contributed by atoms with Gasteiger partial charge in [-0.05, 0) is 24.3 Å². The number of amides is 2. The number of fused-ring (bicyclic) bond motifs is 1. The Morgan fingerprint density at radius 3 is 2.71 bits per heavy atom. The Bertz CT molecular complexity index is 745. The third-order valence-electron chi connectivity index (χ3n) is 3.39. The number of nitrogens with one attached hydrogen (secondary N) is 1. The van der Waals surface area contributed by atoms with E-state index in [-0.39, 0.29) is 18.4 Å². The van der Waals surface area contributed by atoms with Crippen molar-refractivity contribution < 1.29 is 9.59 Å². The first kappa shape index (κ1) is 13.8. The van der Waals surface area contributed by atoms with E-state index >= 15 is 0 Å². The Hall–Kier alpha value is -2.21. The van der Waals surface area contributed by atoms with Crippen molar-refractivity contribution in [3.63, 3.8) is 0 Å². The molecule has 1 aromatic heterocycles. The van der Waals surface area contributed by atoms with Crippen LogP contribution in [0.2, 0.25) is 0 Å². The molecule has 1 aromatic carbocycles. The predicted octanol–water partition coefficient (Wildman–Crippen LogP) is 2.68. The molecule has 6 heteroatoms. The molecule has 0 saturated carbocycles. The lowest BCUT2D eigenvalue weighted by Crippen LogP contribution is -2.29. The van der Waals surface area contributed by atoms with Crippen LogP contribution in [0.5, 0.6) is 0 Å². The van der Waals surface area contributed by atoms with Crippen LogP contribution >= 0.6 is 15.9 Å². The summed E-state index contributed by atoms with van der Waals surface area (Å²) in [6.07, 6.45) is 1.66. The van der Waals surface area contributed by atoms with E-state index in [1.165, 1.54) is 4.90 Å². The van der Waals surface area contributed by atoms with Crippen LogP contribution in [0.15, 0.2) is 41.0 Å². The molecule has 2 heterocycles. The number of carbonyl (C=O) groups excluding carboxylic acids is 2. The highest BCUT2D eigenvalue weighted by Gasteiger charge is 2.35. The lowest BCUT2D eigenvalue weighted by atomic mass is 10.1. The maximum Gasteiger partial charge on any atom is 0.261 e. The topological polar surface area (TPSA) is 62.3 Å². The fourth-order valence-electron chi connectivity index (χ4n) is 2.37. The second-order valence-electron chi connectivity index (χ2n) is 4.65. The Morgan fingerprint density at radius 2 is 1.95 bits per heavy atom. The highest BCUT2D eigenvalue weighted by Crippen LogP contribution is 2.28. The van der Waals surface area contributed by atoms with Crippen LogP contribution in [0.4, 0.5) is 5.82 Å². The van der Waals surface area contributed by atoms with E-state index in [9.17, 15) is 9.59 Å². The van der Waals surface area contributed by atoms with E-state index in [1.807, 2.05) is 6.07 Å². The average molecular weight is 346 g/mol. The molecular formula is C15H12BrN3O2. The van der Waals surface area contributed by atoms with Gasteiger partial charge >= 0.3 is 0 Å². The summed E-state index contributed by atoms with van der Waals surface area (Å²) in [7, 11) is 1.76. The third-order valence-corrected chi connectivity index (χ3v) is 3.88. The summed E-state index contributed by atoms with van der Waals surface area (Å²) in [5, 5.41) is 2.96. The monoisotopic (exact) mass is 345 g/mol. The first-order chi connectivity index (χ1) is 10.1. The summed E-state index contributed by atoms with van der Waals surface area (Å²) in [5.41, 5.74) is 1.68. The van der Waals surface area contributed by atoms with Crippen molar-refractivity contribution in [2.45, 2.75) is 6.54 Å². The fraction of sp³-hybridized carbons (Fsp3) is 0.133. The number of hydrogen-bond donors (Lipinski definition) is 1. The summed E-state index contributed by atoms with van der Waals surface area (Å²) < 4.78 is 0.779. The number of carbonyl (C=O) groups is 2. The van der Waals surface area contributed by atoms with Gasteiger partial charge < -0.3 is 5.32 Å². The van der Waals surface area contributed by atoms with E-state index in [4.69, 9.17) is 0 Å². The van der Waals surface area contributed by atoms with Crippen molar-refractivity contribution in [3.8, 4) is 0 Å². The summed E-state index contributed by atoms with van der Waals surface area (Å²) in [6.45, 7) is 0.202. The van der Waals surface area contributed by atoms with Crippen molar-refractivity contribution >= 4 is 33.6 Å². The fourth-order valence-corrected chi connectivity index (χ4v) is 2.73. The van der Waals surface area contributed by atoms with Gasteiger partial charge in [-0.3, -0.25) is 14.5 Å². The maximum atomic E-state index is 12.4. The second kappa shape index (κ2) is 5.29. The van der Waals surface area contributed by atoms with Crippen molar-refractivity contribution in [1.29, 1.82) is 0 Å². The highest BCUT2D eigenvalue weighted by molar-refractivity contribution is 9.10. The number of nitrogens with zero attached hydrogens (tertiary/aromatic N) is 2. The zero-order valence-corrected chi connectivity index (χ0v) is 12.8. The number of anilines is 1. The standard InChI is InChI=1S/C15H12BrN3O2/c1-17-13-9(3-2-6-18-13)8-19-14(20)11-5-4-10(16)7-12(11)15(19)21/h2-7H,8H2,1H3,(H,17,18). The third kappa shape index (κ3) is 2.31. The van der Waals surface area contributed by atoms with Gasteiger partial charge in [0.15, 0.2) is 0 Å². The molecule has 0 spiro atoms. The minimum atomic E-state index is -0.276. The van der Waals surface area contributed by atoms with Gasteiger partial charge in [-0.25, -0.2) is 4.98 Å². The van der Waals surface area contributed by atoms with Crippen LogP contribution in [-0.4, -0.2) is 28.7 Å². The van der Waals surface area contributed by atoms with Gasteiger partial charge in [-0.1, -0.05) is 22.0 Å². The lowest BCUT2D eigenvalue weighted by molar-refractivity contribution is 0.0642. The Balaban J connectivity index is 1.95. The molecule has 5 nitrogen and oxygen atoms in total. The summed E-state index contributed by atoms with van der Waals surface area (Å²) >= 11 is 3.32. The van der Waals surface area contributed by atoms with E-state index in [0.717, 1.165) is 10.0 Å². The largest absolute Gasteiger partial charge is 0.373 e. The van der Waals surface area contributed by atoms with Gasteiger partial charge in [-0.2, -0.15) is 0 Å². The Kier molecular flexibility index (Phi) is 3.47. The first-order valence-corrected chi connectivity index (χ1v) is 7.18. The summed E-state index contributed by atoms with van der Waals surface area (Å²) in [4.78, 5) is 30.2. The number of rotatable bonds is 3. The molecule has 0 atom stereocenters. The van der Waals surface area contributed by atoms with Crippen LogP contribution in [0.3, 0.4) is 0 Å². The van der Waals surface area contributed by atoms with Crippen LogP contribution < -0.4 is 5.32 Å². The molecule has 1 N–H and O–H groups in total. The maximum absolute atomic E-state index is 12.4. The molecule has 2 amide bonds. The molecule has 21 heavy (non-hydrogen) atoms. The number of benzene rings is 1. The average Bonchev–Trinajstić information content (AvgIpc) is 2.72. The molecule has 3 rings (SSSR count). The van der Waals surface area contributed by atoms with Gasteiger partial charge in [0.1, 0.15) is 5.82 Å². The lowest BCUT2D eigenvalue weighted by Gasteiger charge is -2.15. The van der Waals surface area contributed by atoms with Crippen LogP contribution in [0, 0.1) is 0 Å². The molecule has 0 unspecified atom stereocenters. The molecule has 1 aliphatic heterocycles. The van der Waals surface area contributed by atoms with Gasteiger partial charge in [0.25, 0.3) is 11.8 Å². The SMILES string of the molecule is CNc1ncccc1CN1C(=O)c2ccc(Br)cc2C1=O. The molecule has 0 saturated heterocycles. The molecule has 0 bridgehead atoms. The first-order valence-electron chi connectivity index (χ1n) is 6.39. The second-order valence-corrected chi connectivity index (χ2v) is 5.56. The smallest absolute Gasteiger partial charge is 0.261 e. The Labute approximate surface area is 130 Å². The van der Waals surface area contributed by atoms with Crippen molar-refractivity contribution in [3.05, 3.63) is 57.7 Å². The quantitative estimate of drug-likeness (QED) is 0.868. The van der Waals surface area contributed by atoms with Gasteiger partial charge in [-0.15, -0.1) is 0 Å². The molecule has 106 valence electrons. The zero-order chi connectivity index (χ0) is 15.0. The predicted molar refractivity (Wildman–Crippen MR) is 82.1 cm³/mol. The van der Waals surface area contributed by atoms with Crippen molar-refractivity contribution in [2.75, 3.05) is 12.4 Å². The number of imide groups is 1. The van der Waals surface area contributed by atoms with Gasteiger partial charge in [0, 0.05) is 23.3 Å². The Morgan fingerprint density at radius 1 is 1.19 bits per heavy atom. The zero-order valence-electron chi connectivity index (χ0n) is 11.3. The van der Waals surface area contributed by atoms with Crippen LogP contribution in [0.1, 0.15) is 26.3 Å². The normalized spacial score (nSPS) is 13.5. The van der Waals surface area contributed by atoms with Crippen LogP contribution in [0.25, 0.3) is 0 Å². The molecule has 0 fully saturated rings. The summed E-state index contributed by atoms with van der Waals surface area (Å²) in [6, 6.07) is 8.74. The van der Waals surface area contributed by atoms with E-state index in [1.54, 1.807) is 37.5 Å². The van der Waals surface area contributed by atoms with Gasteiger partial charge in [0.2, 0.25) is 0 Å². The molecule has 0 aliphatic carbocycles. The van der Waals surface area contributed by atoms with Crippen molar-refractivity contribution in [2.24, 2.45) is 0 Å². The number of aromatic nitrogens is 1. The summed E-state index contributed by atoms with van der Waals surface area (Å²) in [5.74, 6) is 0.117. The van der Waals surface area contributed by atoms with Gasteiger partial charge in [0.05, 0.1) is 17.7 Å². The molecule has 0 radical (unpaired) electrons. The molecule has 2 aromatic rings. The number of pyridine rings is 1. The molecule has 1 aliphatic rings. The number of halogens is 1. The van der Waals surface area contributed by atoms with E-state index in [2.05, 4.69) is 26.2 Å². The van der Waals surface area contributed by atoms with Crippen molar-refractivity contribution in [1.82, 2.24) is 9.88 Å². The van der Waals surface area contributed by atoms with E-state index in [0.29, 0.717) is 16.9 Å². The molecular weight excluding hydrogens is 334 g/mol. The highest BCUT2D eigenvalue weighted by atomic mass is 79.9.